The van der Waals surface area contributed by atoms with Crippen molar-refractivity contribution in [1.29, 1.82) is 0 Å². The van der Waals surface area contributed by atoms with Crippen molar-refractivity contribution in [1.82, 2.24) is 9.97 Å². The van der Waals surface area contributed by atoms with Crippen molar-refractivity contribution in [3.8, 4) is 0 Å². The quantitative estimate of drug-likeness (QED) is 0.911. The van der Waals surface area contributed by atoms with Gasteiger partial charge < -0.3 is 10.6 Å². The summed E-state index contributed by atoms with van der Waals surface area (Å²) < 4.78 is 37.2. The Bertz CT molecular complexity index is 670. The number of nitrogens with one attached hydrogen (secondary N) is 2. The van der Waals surface area contributed by atoms with Gasteiger partial charge in [-0.1, -0.05) is 30.3 Å². The zero-order valence-corrected chi connectivity index (χ0v) is 11.9. The van der Waals surface area contributed by atoms with Crippen molar-refractivity contribution in [3.05, 3.63) is 47.4 Å². The number of rotatable bonds is 3. The number of halogens is 3. The van der Waals surface area contributed by atoms with E-state index in [4.69, 9.17) is 0 Å². The summed E-state index contributed by atoms with van der Waals surface area (Å²) in [5.41, 5.74) is 2.37. The molecule has 0 amide bonds. The van der Waals surface area contributed by atoms with Gasteiger partial charge >= 0.3 is 6.18 Å². The molecule has 0 aliphatic carbocycles. The third-order valence-corrected chi connectivity index (χ3v) is 3.47. The highest BCUT2D eigenvalue weighted by Crippen LogP contribution is 2.37. The number of nitrogens with zero attached hydrogens (tertiary/aromatic N) is 2. The molecule has 1 aliphatic rings. The fraction of sp³-hybridized carbons (Fsp3) is 0.333. The SMILES string of the molecule is Cc1nc2c(c(NCC(F)(F)F)n1)NC(c1ccccc1)C2. The van der Waals surface area contributed by atoms with Crippen LogP contribution >= 0.6 is 0 Å². The van der Waals surface area contributed by atoms with E-state index in [1.807, 2.05) is 30.3 Å². The molecule has 0 spiro atoms. The molecule has 22 heavy (non-hydrogen) atoms. The summed E-state index contributed by atoms with van der Waals surface area (Å²) in [7, 11) is 0. The Labute approximate surface area is 125 Å². The third-order valence-electron chi connectivity index (χ3n) is 3.47. The third kappa shape index (κ3) is 3.13. The van der Waals surface area contributed by atoms with Gasteiger partial charge in [0, 0.05) is 6.42 Å². The lowest BCUT2D eigenvalue weighted by Gasteiger charge is -2.14. The Morgan fingerprint density at radius 1 is 1.23 bits per heavy atom. The number of alkyl halides is 3. The summed E-state index contributed by atoms with van der Waals surface area (Å²) >= 11 is 0. The molecule has 3 rings (SSSR count). The van der Waals surface area contributed by atoms with Gasteiger partial charge in [0.25, 0.3) is 0 Å². The van der Waals surface area contributed by atoms with Crippen LogP contribution in [0.4, 0.5) is 24.7 Å². The Morgan fingerprint density at radius 3 is 2.64 bits per heavy atom. The number of aryl methyl sites for hydroxylation is 1. The smallest absolute Gasteiger partial charge is 0.373 e. The minimum atomic E-state index is -4.29. The van der Waals surface area contributed by atoms with Crippen LogP contribution in [0.1, 0.15) is 23.1 Å². The maximum atomic E-state index is 12.4. The van der Waals surface area contributed by atoms with Crippen molar-refractivity contribution >= 4 is 11.5 Å². The highest BCUT2D eigenvalue weighted by atomic mass is 19.4. The van der Waals surface area contributed by atoms with E-state index in [0.717, 1.165) is 11.3 Å². The number of benzene rings is 1. The van der Waals surface area contributed by atoms with Crippen LogP contribution in [-0.4, -0.2) is 22.7 Å². The molecule has 2 heterocycles. The van der Waals surface area contributed by atoms with Crippen LogP contribution in [-0.2, 0) is 6.42 Å². The fourth-order valence-electron chi connectivity index (χ4n) is 2.55. The van der Waals surface area contributed by atoms with E-state index in [2.05, 4.69) is 20.6 Å². The van der Waals surface area contributed by atoms with Gasteiger partial charge in [-0.05, 0) is 12.5 Å². The molecule has 0 saturated carbocycles. The lowest BCUT2D eigenvalue weighted by molar-refractivity contribution is -0.115. The first-order valence-corrected chi connectivity index (χ1v) is 6.92. The first kappa shape index (κ1) is 14.6. The topological polar surface area (TPSA) is 49.8 Å². The van der Waals surface area contributed by atoms with Crippen LogP contribution in [0.15, 0.2) is 30.3 Å². The standard InChI is InChI=1S/C15H15F3N4/c1-9-20-12-7-11(10-5-3-2-4-6-10)22-13(12)14(21-9)19-8-15(16,17)18/h2-6,11,22H,7-8H2,1H3,(H,19,20,21). The van der Waals surface area contributed by atoms with Crippen molar-refractivity contribution in [3.63, 3.8) is 0 Å². The van der Waals surface area contributed by atoms with Crippen LogP contribution in [0.25, 0.3) is 0 Å². The molecule has 0 radical (unpaired) electrons. The first-order chi connectivity index (χ1) is 10.4. The van der Waals surface area contributed by atoms with E-state index in [0.29, 0.717) is 17.9 Å². The van der Waals surface area contributed by atoms with Gasteiger partial charge in [0.1, 0.15) is 12.4 Å². The summed E-state index contributed by atoms with van der Waals surface area (Å²) in [5.74, 6) is 0.664. The van der Waals surface area contributed by atoms with E-state index in [9.17, 15) is 13.2 Å². The van der Waals surface area contributed by atoms with Crippen molar-refractivity contribution in [2.24, 2.45) is 0 Å². The largest absolute Gasteiger partial charge is 0.405 e. The molecule has 116 valence electrons. The monoisotopic (exact) mass is 308 g/mol. The molecule has 1 aromatic heterocycles. The van der Waals surface area contributed by atoms with E-state index in [-0.39, 0.29) is 11.9 Å². The van der Waals surface area contributed by atoms with Crippen LogP contribution in [0, 0.1) is 6.92 Å². The number of hydrogen-bond donors (Lipinski definition) is 2. The molecule has 0 fully saturated rings. The van der Waals surface area contributed by atoms with Crippen LogP contribution < -0.4 is 10.6 Å². The second kappa shape index (κ2) is 5.47. The second-order valence-corrected chi connectivity index (χ2v) is 5.22. The molecule has 0 bridgehead atoms. The Hall–Kier alpha value is -2.31. The Kier molecular flexibility index (Phi) is 3.64. The number of hydrogen-bond acceptors (Lipinski definition) is 4. The van der Waals surface area contributed by atoms with Crippen molar-refractivity contribution < 1.29 is 13.2 Å². The summed E-state index contributed by atoms with van der Waals surface area (Å²) in [5, 5.41) is 5.59. The van der Waals surface area contributed by atoms with Gasteiger partial charge in [0.2, 0.25) is 0 Å². The van der Waals surface area contributed by atoms with E-state index in [1.54, 1.807) is 6.92 Å². The second-order valence-electron chi connectivity index (χ2n) is 5.22. The highest BCUT2D eigenvalue weighted by molar-refractivity contribution is 5.71. The molecule has 1 unspecified atom stereocenters. The van der Waals surface area contributed by atoms with Gasteiger partial charge in [-0.15, -0.1) is 0 Å². The fourth-order valence-corrected chi connectivity index (χ4v) is 2.55. The highest BCUT2D eigenvalue weighted by Gasteiger charge is 2.30. The molecule has 2 N–H and O–H groups in total. The first-order valence-electron chi connectivity index (χ1n) is 6.92. The van der Waals surface area contributed by atoms with E-state index in [1.165, 1.54) is 0 Å². The Morgan fingerprint density at radius 2 is 1.95 bits per heavy atom. The zero-order chi connectivity index (χ0) is 15.7. The molecule has 4 nitrogen and oxygen atoms in total. The van der Waals surface area contributed by atoms with Gasteiger partial charge in [-0.25, -0.2) is 9.97 Å². The lowest BCUT2D eigenvalue weighted by atomic mass is 10.1. The molecular weight excluding hydrogens is 293 g/mol. The Balaban J connectivity index is 1.85. The van der Waals surface area contributed by atoms with Crippen molar-refractivity contribution in [2.75, 3.05) is 17.2 Å². The average Bonchev–Trinajstić information content (AvgIpc) is 2.88. The van der Waals surface area contributed by atoms with Crippen LogP contribution in [0.3, 0.4) is 0 Å². The minimum Gasteiger partial charge on any atom is -0.373 e. The predicted octanol–water partition coefficient (Wildman–Crippen LogP) is 3.47. The summed E-state index contributed by atoms with van der Waals surface area (Å²) in [6, 6.07) is 9.74. The lowest BCUT2D eigenvalue weighted by Crippen LogP contribution is -2.22. The number of anilines is 2. The van der Waals surface area contributed by atoms with Crippen molar-refractivity contribution in [2.45, 2.75) is 25.6 Å². The molecule has 1 atom stereocenters. The predicted molar refractivity (Wildman–Crippen MR) is 77.8 cm³/mol. The van der Waals surface area contributed by atoms with Gasteiger partial charge in [0.05, 0.1) is 17.4 Å². The molecule has 2 aromatic rings. The molecular formula is C15H15F3N4. The van der Waals surface area contributed by atoms with Gasteiger partial charge in [-0.3, -0.25) is 0 Å². The van der Waals surface area contributed by atoms with E-state index >= 15 is 0 Å². The molecule has 0 saturated heterocycles. The summed E-state index contributed by atoms with van der Waals surface area (Å²) in [6.07, 6.45) is -3.66. The van der Waals surface area contributed by atoms with E-state index < -0.39 is 12.7 Å². The summed E-state index contributed by atoms with van der Waals surface area (Å²) in [6.45, 7) is 0.558. The maximum Gasteiger partial charge on any atom is 0.405 e. The summed E-state index contributed by atoms with van der Waals surface area (Å²) in [4.78, 5) is 8.43. The molecule has 7 heteroatoms. The van der Waals surface area contributed by atoms with Gasteiger partial charge in [-0.2, -0.15) is 13.2 Å². The number of aromatic nitrogens is 2. The minimum absolute atomic E-state index is 0.00117. The molecule has 1 aromatic carbocycles. The molecule has 1 aliphatic heterocycles. The number of fused-ring (bicyclic) bond motifs is 1. The van der Waals surface area contributed by atoms with Crippen LogP contribution in [0.2, 0.25) is 0 Å². The average molecular weight is 308 g/mol. The van der Waals surface area contributed by atoms with Gasteiger partial charge in [0.15, 0.2) is 5.82 Å². The maximum absolute atomic E-state index is 12.4. The van der Waals surface area contributed by atoms with Crippen LogP contribution in [0.5, 0.6) is 0 Å². The zero-order valence-electron chi connectivity index (χ0n) is 11.9. The normalized spacial score (nSPS) is 17.0.